The Hall–Kier alpha value is -0.560. The number of nitrogens with one attached hydrogen (secondary N) is 1. The lowest BCUT2D eigenvalue weighted by Crippen LogP contribution is -2.07. The fraction of sp³-hybridized carbons (Fsp3) is 0.692. The van der Waals surface area contributed by atoms with Gasteiger partial charge in [0.1, 0.15) is 0 Å². The molecule has 0 rings (SSSR count). The maximum Gasteiger partial charge on any atom is -0.00519 e. The van der Waals surface area contributed by atoms with E-state index in [1.54, 1.807) is 0 Å². The Morgan fingerprint density at radius 3 is 2.21 bits per heavy atom. The topological polar surface area (TPSA) is 12.0 Å². The van der Waals surface area contributed by atoms with Gasteiger partial charge in [-0.05, 0) is 45.2 Å². The minimum absolute atomic E-state index is 0.777. The van der Waals surface area contributed by atoms with Crippen LogP contribution in [0.3, 0.4) is 0 Å². The molecule has 0 saturated heterocycles. The minimum Gasteiger partial charge on any atom is -0.320 e. The molecule has 0 fully saturated rings. The van der Waals surface area contributed by atoms with Crippen molar-refractivity contribution >= 4 is 0 Å². The van der Waals surface area contributed by atoms with Crippen molar-refractivity contribution in [3.8, 4) is 0 Å². The van der Waals surface area contributed by atoms with Gasteiger partial charge in [-0.2, -0.15) is 0 Å². The third-order valence-electron chi connectivity index (χ3n) is 2.54. The van der Waals surface area contributed by atoms with E-state index >= 15 is 0 Å². The molecule has 14 heavy (non-hydrogen) atoms. The smallest absolute Gasteiger partial charge is 0.00519 e. The van der Waals surface area contributed by atoms with Crippen LogP contribution in [0.4, 0.5) is 0 Å². The summed E-state index contributed by atoms with van der Waals surface area (Å²) in [7, 11) is 2.01. The van der Waals surface area contributed by atoms with E-state index in [9.17, 15) is 0 Å². The van der Waals surface area contributed by atoms with Crippen molar-refractivity contribution in [2.75, 3.05) is 13.6 Å². The van der Waals surface area contributed by atoms with Crippen LogP contribution in [0.5, 0.6) is 0 Å². The van der Waals surface area contributed by atoms with Gasteiger partial charge in [-0.3, -0.25) is 0 Å². The molecule has 0 atom stereocenters. The Morgan fingerprint density at radius 1 is 1.07 bits per heavy atom. The highest BCUT2D eigenvalue weighted by Gasteiger charge is 2.03. The van der Waals surface area contributed by atoms with Crippen LogP contribution < -0.4 is 5.32 Å². The molecule has 0 heterocycles. The molecule has 0 aliphatic rings. The summed E-state index contributed by atoms with van der Waals surface area (Å²) in [5.74, 6) is 0.777. The summed E-state index contributed by atoms with van der Waals surface area (Å²) in [6, 6.07) is 0. The second kappa shape index (κ2) is 10.5. The van der Waals surface area contributed by atoms with Crippen LogP contribution in [0.2, 0.25) is 0 Å². The molecule has 0 aliphatic carbocycles. The summed E-state index contributed by atoms with van der Waals surface area (Å²) in [4.78, 5) is 0. The average Bonchev–Trinajstić information content (AvgIpc) is 2.18. The summed E-state index contributed by atoms with van der Waals surface area (Å²) < 4.78 is 0. The molecule has 0 spiro atoms. The molecule has 0 aliphatic heterocycles. The maximum absolute atomic E-state index is 3.80. The highest BCUT2D eigenvalue weighted by Crippen LogP contribution is 2.18. The molecule has 0 unspecified atom stereocenters. The van der Waals surface area contributed by atoms with Gasteiger partial charge in [0.15, 0.2) is 0 Å². The van der Waals surface area contributed by atoms with Gasteiger partial charge in [0.05, 0.1) is 0 Å². The summed E-state index contributed by atoms with van der Waals surface area (Å²) in [5.41, 5.74) is 0. The maximum atomic E-state index is 3.80. The lowest BCUT2D eigenvalue weighted by atomic mass is 9.94. The van der Waals surface area contributed by atoms with E-state index in [0.717, 1.165) is 25.3 Å². The Bertz CT molecular complexity index is 130. The summed E-state index contributed by atoms with van der Waals surface area (Å²) in [6.07, 6.45) is 11.6. The Labute approximate surface area is 89.3 Å². The first-order valence-corrected chi connectivity index (χ1v) is 5.71. The van der Waals surface area contributed by atoms with E-state index in [1.807, 2.05) is 19.2 Å². The van der Waals surface area contributed by atoms with Gasteiger partial charge in [0.2, 0.25) is 0 Å². The van der Waals surface area contributed by atoms with E-state index in [1.165, 1.54) is 25.7 Å². The van der Waals surface area contributed by atoms with Crippen molar-refractivity contribution in [3.63, 3.8) is 0 Å². The molecule has 1 N–H and O–H groups in total. The molecule has 0 bridgehead atoms. The Balaban J connectivity index is 3.39. The average molecular weight is 195 g/mol. The van der Waals surface area contributed by atoms with Gasteiger partial charge >= 0.3 is 0 Å². The summed E-state index contributed by atoms with van der Waals surface area (Å²) >= 11 is 0. The van der Waals surface area contributed by atoms with Gasteiger partial charge in [-0.1, -0.05) is 25.0 Å². The lowest BCUT2D eigenvalue weighted by molar-refractivity contribution is 0.462. The van der Waals surface area contributed by atoms with Crippen molar-refractivity contribution in [1.82, 2.24) is 5.32 Å². The lowest BCUT2D eigenvalue weighted by Gasteiger charge is -2.12. The SMILES string of the molecule is C=CCC(CC=C)CCCCCNC. The molecule has 0 aromatic heterocycles. The largest absolute Gasteiger partial charge is 0.320 e. The zero-order chi connectivity index (χ0) is 10.6. The monoisotopic (exact) mass is 195 g/mol. The zero-order valence-corrected chi connectivity index (χ0v) is 9.60. The van der Waals surface area contributed by atoms with E-state index in [4.69, 9.17) is 0 Å². The van der Waals surface area contributed by atoms with E-state index in [2.05, 4.69) is 18.5 Å². The quantitative estimate of drug-likeness (QED) is 0.415. The number of hydrogen-bond acceptors (Lipinski definition) is 1. The van der Waals surface area contributed by atoms with Crippen molar-refractivity contribution in [2.45, 2.75) is 38.5 Å². The van der Waals surface area contributed by atoms with E-state index < -0.39 is 0 Å². The predicted molar refractivity (Wildman–Crippen MR) is 65.5 cm³/mol. The molecule has 0 aromatic rings. The number of unbranched alkanes of at least 4 members (excludes halogenated alkanes) is 2. The van der Waals surface area contributed by atoms with Crippen molar-refractivity contribution in [2.24, 2.45) is 5.92 Å². The molecule has 0 saturated carbocycles. The van der Waals surface area contributed by atoms with E-state index in [-0.39, 0.29) is 0 Å². The highest BCUT2D eigenvalue weighted by atomic mass is 14.8. The van der Waals surface area contributed by atoms with Gasteiger partial charge in [0.25, 0.3) is 0 Å². The first-order chi connectivity index (χ1) is 6.85. The number of allylic oxidation sites excluding steroid dienone is 2. The van der Waals surface area contributed by atoms with Crippen LogP contribution in [0.15, 0.2) is 25.3 Å². The van der Waals surface area contributed by atoms with Crippen molar-refractivity contribution in [3.05, 3.63) is 25.3 Å². The van der Waals surface area contributed by atoms with Gasteiger partial charge in [-0.15, -0.1) is 13.2 Å². The minimum atomic E-state index is 0.777. The normalized spacial score (nSPS) is 10.4. The zero-order valence-electron chi connectivity index (χ0n) is 9.60. The summed E-state index contributed by atoms with van der Waals surface area (Å²) in [5, 5.41) is 3.17. The predicted octanol–water partition coefficient (Wildman–Crippen LogP) is 3.53. The first kappa shape index (κ1) is 13.4. The fourth-order valence-corrected chi connectivity index (χ4v) is 1.71. The second-order valence-corrected chi connectivity index (χ2v) is 3.87. The highest BCUT2D eigenvalue weighted by molar-refractivity contribution is 4.79. The molecule has 0 radical (unpaired) electrons. The molecule has 0 amide bonds. The van der Waals surface area contributed by atoms with Crippen LogP contribution in [-0.2, 0) is 0 Å². The third-order valence-corrected chi connectivity index (χ3v) is 2.54. The Kier molecular flexibility index (Phi) is 10.1. The first-order valence-electron chi connectivity index (χ1n) is 5.71. The van der Waals surface area contributed by atoms with Crippen LogP contribution in [-0.4, -0.2) is 13.6 Å². The van der Waals surface area contributed by atoms with Crippen molar-refractivity contribution < 1.29 is 0 Å². The van der Waals surface area contributed by atoms with Crippen LogP contribution in [0, 0.1) is 5.92 Å². The molecule has 1 heteroatoms. The molecule has 82 valence electrons. The standard InChI is InChI=1S/C13H25N/c1-4-9-13(10-5-2)11-7-6-8-12-14-3/h4-5,13-14H,1-2,6-12H2,3H3. The number of rotatable bonds is 10. The fourth-order valence-electron chi connectivity index (χ4n) is 1.71. The molecule has 0 aromatic carbocycles. The number of hydrogen-bond donors (Lipinski definition) is 1. The molecular weight excluding hydrogens is 170 g/mol. The van der Waals surface area contributed by atoms with Gasteiger partial charge in [0, 0.05) is 0 Å². The van der Waals surface area contributed by atoms with Crippen LogP contribution in [0.1, 0.15) is 38.5 Å². The van der Waals surface area contributed by atoms with Crippen LogP contribution in [0.25, 0.3) is 0 Å². The third kappa shape index (κ3) is 8.06. The second-order valence-electron chi connectivity index (χ2n) is 3.87. The summed E-state index contributed by atoms with van der Waals surface area (Å²) in [6.45, 7) is 8.74. The van der Waals surface area contributed by atoms with Gasteiger partial charge < -0.3 is 5.32 Å². The van der Waals surface area contributed by atoms with Gasteiger partial charge in [-0.25, -0.2) is 0 Å². The Morgan fingerprint density at radius 2 is 1.71 bits per heavy atom. The van der Waals surface area contributed by atoms with Crippen molar-refractivity contribution in [1.29, 1.82) is 0 Å². The van der Waals surface area contributed by atoms with Crippen LogP contribution >= 0.6 is 0 Å². The van der Waals surface area contributed by atoms with E-state index in [0.29, 0.717) is 0 Å². The molecule has 1 nitrogen and oxygen atoms in total. The molecular formula is C13H25N.